The summed E-state index contributed by atoms with van der Waals surface area (Å²) < 4.78 is 6.13. The molecule has 0 aromatic heterocycles. The van der Waals surface area contributed by atoms with Gasteiger partial charge in [0.15, 0.2) is 5.75 Å². The molecule has 26 heavy (non-hydrogen) atoms. The van der Waals surface area contributed by atoms with Crippen LogP contribution in [0.3, 0.4) is 0 Å². The maximum Gasteiger partial charge on any atom is 0.153 e. The maximum absolute atomic E-state index is 9.99. The summed E-state index contributed by atoms with van der Waals surface area (Å²) in [5.74, 6) is 2.44. The smallest absolute Gasteiger partial charge is 0.153 e. The van der Waals surface area contributed by atoms with Gasteiger partial charge in [-0.05, 0) is 36.8 Å². The lowest BCUT2D eigenvalue weighted by atomic mass is 10.1. The van der Waals surface area contributed by atoms with Gasteiger partial charge in [-0.1, -0.05) is 23.7 Å². The van der Waals surface area contributed by atoms with Crippen LogP contribution in [0.1, 0.15) is 12.0 Å². The molecule has 3 heterocycles. The van der Waals surface area contributed by atoms with E-state index in [9.17, 15) is 5.11 Å². The van der Waals surface area contributed by atoms with E-state index in [0.717, 1.165) is 55.4 Å². The molecule has 2 saturated heterocycles. The van der Waals surface area contributed by atoms with E-state index in [1.165, 1.54) is 0 Å². The largest absolute Gasteiger partial charge is 0.454 e. The number of benzene rings is 2. The highest BCUT2D eigenvalue weighted by Crippen LogP contribution is 2.40. The number of piperazine rings is 1. The number of fused-ring (bicyclic) bond motifs is 3. The van der Waals surface area contributed by atoms with Crippen molar-refractivity contribution >= 4 is 23.1 Å². The van der Waals surface area contributed by atoms with Gasteiger partial charge in [0, 0.05) is 37.2 Å². The van der Waals surface area contributed by atoms with Crippen molar-refractivity contribution in [2.24, 2.45) is 4.99 Å². The van der Waals surface area contributed by atoms with Gasteiger partial charge in [-0.2, -0.15) is 0 Å². The van der Waals surface area contributed by atoms with Crippen molar-refractivity contribution < 1.29 is 9.84 Å². The van der Waals surface area contributed by atoms with Crippen molar-refractivity contribution in [3.63, 3.8) is 0 Å². The van der Waals surface area contributed by atoms with E-state index in [4.69, 9.17) is 21.3 Å². The Balaban J connectivity index is 1.57. The second kappa shape index (κ2) is 6.27. The minimum Gasteiger partial charge on any atom is -0.454 e. The van der Waals surface area contributed by atoms with Crippen LogP contribution in [0.2, 0.25) is 5.02 Å². The zero-order valence-electron chi connectivity index (χ0n) is 14.3. The van der Waals surface area contributed by atoms with Crippen LogP contribution in [0.25, 0.3) is 0 Å². The molecular formula is C20H20ClN3O2. The second-order valence-electron chi connectivity index (χ2n) is 7.13. The molecule has 0 bridgehead atoms. The summed E-state index contributed by atoms with van der Waals surface area (Å²) in [6.07, 6.45) is 0.607. The van der Waals surface area contributed by atoms with E-state index in [2.05, 4.69) is 15.9 Å². The predicted molar refractivity (Wildman–Crippen MR) is 102 cm³/mol. The summed E-state index contributed by atoms with van der Waals surface area (Å²) in [7, 11) is 0. The molecule has 5 nitrogen and oxygen atoms in total. The van der Waals surface area contributed by atoms with E-state index in [1.54, 1.807) is 0 Å². The SMILES string of the molecule is O[C@H]1C[C@H]2CN(C3=Nc4cc(Cl)ccc4Oc4ccccc43)CCN2C1. The number of ether oxygens (including phenoxy) is 1. The van der Waals surface area contributed by atoms with Crippen LogP contribution >= 0.6 is 11.6 Å². The third-order valence-corrected chi connectivity index (χ3v) is 5.62. The van der Waals surface area contributed by atoms with Crippen LogP contribution < -0.4 is 4.74 Å². The molecule has 2 aromatic carbocycles. The lowest BCUT2D eigenvalue weighted by molar-refractivity contribution is 0.143. The minimum atomic E-state index is -0.217. The molecule has 0 saturated carbocycles. The number of amidine groups is 1. The summed E-state index contributed by atoms with van der Waals surface area (Å²) in [4.78, 5) is 9.65. The number of rotatable bonds is 0. The first-order valence-corrected chi connectivity index (χ1v) is 9.38. The van der Waals surface area contributed by atoms with Crippen LogP contribution in [0.5, 0.6) is 11.5 Å². The lowest BCUT2D eigenvalue weighted by Crippen LogP contribution is -2.52. The zero-order chi connectivity index (χ0) is 17.7. The lowest BCUT2D eigenvalue weighted by Gasteiger charge is -2.39. The first kappa shape index (κ1) is 16.1. The third kappa shape index (κ3) is 2.76. The number of halogens is 1. The Morgan fingerprint density at radius 3 is 2.88 bits per heavy atom. The number of aliphatic hydroxyl groups excluding tert-OH is 1. The fraction of sp³-hybridized carbons (Fsp3) is 0.350. The van der Waals surface area contributed by atoms with Gasteiger partial charge in [-0.25, -0.2) is 4.99 Å². The Hall–Kier alpha value is -2.08. The third-order valence-electron chi connectivity index (χ3n) is 5.39. The molecule has 2 atom stereocenters. The van der Waals surface area contributed by atoms with Gasteiger partial charge in [0.25, 0.3) is 0 Å². The minimum absolute atomic E-state index is 0.217. The standard InChI is InChI=1S/C20H20ClN3O2/c21-13-5-6-19-17(9-13)22-20(16-3-1-2-4-18(16)26-19)24-8-7-23-12-15(25)10-14(23)11-24/h1-6,9,14-15,25H,7-8,10-12H2/t14-,15-/m0/s1. The number of aliphatic hydroxyl groups is 1. The van der Waals surface area contributed by atoms with Crippen molar-refractivity contribution in [1.29, 1.82) is 0 Å². The number of nitrogens with zero attached hydrogens (tertiary/aromatic N) is 3. The van der Waals surface area contributed by atoms with Crippen LogP contribution in [0, 0.1) is 0 Å². The Morgan fingerprint density at radius 2 is 1.96 bits per heavy atom. The summed E-state index contributed by atoms with van der Waals surface area (Å²) in [5.41, 5.74) is 1.74. The summed E-state index contributed by atoms with van der Waals surface area (Å²) >= 11 is 6.19. The first-order valence-electron chi connectivity index (χ1n) is 9.00. The van der Waals surface area contributed by atoms with Crippen molar-refractivity contribution in [3.8, 4) is 11.5 Å². The van der Waals surface area contributed by atoms with Gasteiger partial charge >= 0.3 is 0 Å². The van der Waals surface area contributed by atoms with Crippen LogP contribution in [0.4, 0.5) is 5.69 Å². The molecule has 1 N–H and O–H groups in total. The van der Waals surface area contributed by atoms with Crippen molar-refractivity contribution in [1.82, 2.24) is 9.80 Å². The van der Waals surface area contributed by atoms with Crippen LogP contribution in [0.15, 0.2) is 47.5 Å². The molecule has 5 rings (SSSR count). The van der Waals surface area contributed by atoms with Gasteiger partial charge in [-0.15, -0.1) is 0 Å². The first-order chi connectivity index (χ1) is 12.7. The van der Waals surface area contributed by atoms with Gasteiger partial charge in [-0.3, -0.25) is 4.90 Å². The predicted octanol–water partition coefficient (Wildman–Crippen LogP) is 3.27. The Bertz CT molecular complexity index is 885. The molecule has 2 aromatic rings. The van der Waals surface area contributed by atoms with Crippen molar-refractivity contribution in [2.45, 2.75) is 18.6 Å². The molecule has 3 aliphatic heterocycles. The maximum atomic E-state index is 9.99. The Labute approximate surface area is 157 Å². The van der Waals surface area contributed by atoms with Gasteiger partial charge in [0.1, 0.15) is 17.3 Å². The van der Waals surface area contributed by atoms with E-state index in [1.807, 2.05) is 36.4 Å². The fourth-order valence-corrected chi connectivity index (χ4v) is 4.31. The Kier molecular flexibility index (Phi) is 3.89. The molecule has 0 unspecified atom stereocenters. The van der Waals surface area contributed by atoms with Gasteiger partial charge in [0.2, 0.25) is 0 Å². The van der Waals surface area contributed by atoms with E-state index >= 15 is 0 Å². The summed E-state index contributed by atoms with van der Waals surface area (Å²) in [6.45, 7) is 3.46. The summed E-state index contributed by atoms with van der Waals surface area (Å²) in [5, 5.41) is 10.6. The monoisotopic (exact) mass is 369 g/mol. The molecule has 0 spiro atoms. The molecule has 134 valence electrons. The van der Waals surface area contributed by atoms with Gasteiger partial charge < -0.3 is 14.7 Å². The van der Waals surface area contributed by atoms with Gasteiger partial charge in [0.05, 0.1) is 11.7 Å². The molecule has 0 amide bonds. The average Bonchev–Trinajstić information content (AvgIpc) is 2.92. The Morgan fingerprint density at radius 1 is 1.08 bits per heavy atom. The molecule has 0 radical (unpaired) electrons. The summed E-state index contributed by atoms with van der Waals surface area (Å²) in [6, 6.07) is 13.9. The van der Waals surface area contributed by atoms with Crippen molar-refractivity contribution in [2.75, 3.05) is 26.2 Å². The highest BCUT2D eigenvalue weighted by molar-refractivity contribution is 6.31. The topological polar surface area (TPSA) is 48.3 Å². The highest BCUT2D eigenvalue weighted by Gasteiger charge is 2.37. The average molecular weight is 370 g/mol. The van der Waals surface area contributed by atoms with E-state index in [-0.39, 0.29) is 6.10 Å². The van der Waals surface area contributed by atoms with E-state index < -0.39 is 0 Å². The highest BCUT2D eigenvalue weighted by atomic mass is 35.5. The van der Waals surface area contributed by atoms with E-state index in [0.29, 0.717) is 16.8 Å². The molecule has 0 aliphatic carbocycles. The molecule has 6 heteroatoms. The molecule has 2 fully saturated rings. The molecule has 3 aliphatic rings. The van der Waals surface area contributed by atoms with Crippen LogP contribution in [-0.4, -0.2) is 59.1 Å². The van der Waals surface area contributed by atoms with Crippen molar-refractivity contribution in [3.05, 3.63) is 53.1 Å². The number of para-hydroxylation sites is 1. The molecular weight excluding hydrogens is 350 g/mol. The normalized spacial score (nSPS) is 24.8. The quantitative estimate of drug-likeness (QED) is 0.774. The van der Waals surface area contributed by atoms with Crippen LogP contribution in [-0.2, 0) is 0 Å². The number of hydrogen-bond acceptors (Lipinski definition) is 5. The fourth-order valence-electron chi connectivity index (χ4n) is 4.15. The number of hydrogen-bond donors (Lipinski definition) is 1. The second-order valence-corrected chi connectivity index (χ2v) is 7.57. The number of aliphatic imine (C=N–C) groups is 1. The zero-order valence-corrected chi connectivity index (χ0v) is 15.1.